The molecule has 0 atom stereocenters. The number of ether oxygens (including phenoxy) is 3. The smallest absolute Gasteiger partial charge is 0.330 e. The molecule has 0 aromatic heterocycles. The second kappa shape index (κ2) is 13.3. The predicted molar refractivity (Wildman–Crippen MR) is 78.4 cm³/mol. The number of carbonyl (C=O) groups excluding carboxylic acids is 3. The SMILES string of the molecule is C=CC(=O)OCCOC(=O)CCCCCOC(=O)CCC(=O)O. The molecule has 23 heavy (non-hydrogen) atoms. The van der Waals surface area contributed by atoms with Crippen molar-refractivity contribution in [2.45, 2.75) is 38.5 Å². The summed E-state index contributed by atoms with van der Waals surface area (Å²) >= 11 is 0. The molecule has 0 aliphatic carbocycles. The van der Waals surface area contributed by atoms with E-state index in [0.717, 1.165) is 6.08 Å². The van der Waals surface area contributed by atoms with Gasteiger partial charge in [0.05, 0.1) is 19.4 Å². The Labute approximate surface area is 134 Å². The summed E-state index contributed by atoms with van der Waals surface area (Å²) in [5, 5.41) is 8.39. The van der Waals surface area contributed by atoms with E-state index in [0.29, 0.717) is 19.3 Å². The second-order valence-corrected chi connectivity index (χ2v) is 4.52. The zero-order valence-corrected chi connectivity index (χ0v) is 13.0. The maximum absolute atomic E-state index is 11.3. The lowest BCUT2D eigenvalue weighted by Gasteiger charge is -2.06. The van der Waals surface area contributed by atoms with Crippen LogP contribution >= 0.6 is 0 Å². The summed E-state index contributed by atoms with van der Waals surface area (Å²) in [6, 6.07) is 0. The van der Waals surface area contributed by atoms with E-state index in [4.69, 9.17) is 14.6 Å². The van der Waals surface area contributed by atoms with Gasteiger partial charge in [0.2, 0.25) is 0 Å². The number of hydrogen-bond acceptors (Lipinski definition) is 7. The van der Waals surface area contributed by atoms with Gasteiger partial charge in [0.25, 0.3) is 0 Å². The van der Waals surface area contributed by atoms with Gasteiger partial charge in [-0.05, 0) is 19.3 Å². The number of carbonyl (C=O) groups is 4. The van der Waals surface area contributed by atoms with Crippen LogP contribution in [0.3, 0.4) is 0 Å². The van der Waals surface area contributed by atoms with E-state index in [1.807, 2.05) is 0 Å². The van der Waals surface area contributed by atoms with E-state index in [1.54, 1.807) is 0 Å². The lowest BCUT2D eigenvalue weighted by molar-refractivity contribution is -0.149. The summed E-state index contributed by atoms with van der Waals surface area (Å²) in [5.74, 6) is -2.54. The summed E-state index contributed by atoms with van der Waals surface area (Å²) in [7, 11) is 0. The quantitative estimate of drug-likeness (QED) is 0.232. The molecule has 0 spiro atoms. The average Bonchev–Trinajstić information content (AvgIpc) is 2.52. The van der Waals surface area contributed by atoms with Crippen molar-refractivity contribution >= 4 is 23.9 Å². The number of aliphatic carboxylic acids is 1. The molecule has 0 aromatic carbocycles. The Hall–Kier alpha value is -2.38. The number of hydrogen-bond donors (Lipinski definition) is 1. The van der Waals surface area contributed by atoms with Crippen LogP contribution in [0.1, 0.15) is 38.5 Å². The van der Waals surface area contributed by atoms with Crippen molar-refractivity contribution in [1.29, 1.82) is 0 Å². The molecule has 130 valence electrons. The topological polar surface area (TPSA) is 116 Å². The Bertz CT molecular complexity index is 416. The predicted octanol–water partition coefficient (Wildman–Crippen LogP) is 1.23. The average molecular weight is 330 g/mol. The van der Waals surface area contributed by atoms with Gasteiger partial charge in [-0.15, -0.1) is 0 Å². The number of rotatable bonds is 13. The zero-order chi connectivity index (χ0) is 17.5. The molecule has 0 bridgehead atoms. The van der Waals surface area contributed by atoms with Crippen molar-refractivity contribution in [3.8, 4) is 0 Å². The van der Waals surface area contributed by atoms with Crippen molar-refractivity contribution in [3.63, 3.8) is 0 Å². The first-order valence-corrected chi connectivity index (χ1v) is 7.28. The summed E-state index contributed by atoms with van der Waals surface area (Å²) in [6.45, 7) is 3.42. The minimum absolute atomic E-state index is 0.000393. The minimum atomic E-state index is -1.04. The third-order valence-electron chi connectivity index (χ3n) is 2.59. The zero-order valence-electron chi connectivity index (χ0n) is 13.0. The molecule has 0 amide bonds. The van der Waals surface area contributed by atoms with Crippen LogP contribution in [0.25, 0.3) is 0 Å². The van der Waals surface area contributed by atoms with Gasteiger partial charge in [0, 0.05) is 12.5 Å². The van der Waals surface area contributed by atoms with Crippen LogP contribution in [0.2, 0.25) is 0 Å². The lowest BCUT2D eigenvalue weighted by Crippen LogP contribution is -2.12. The van der Waals surface area contributed by atoms with E-state index < -0.39 is 23.9 Å². The molecule has 0 saturated heterocycles. The second-order valence-electron chi connectivity index (χ2n) is 4.52. The number of unbranched alkanes of at least 4 members (excludes halogenated alkanes) is 2. The van der Waals surface area contributed by atoms with E-state index in [2.05, 4.69) is 11.3 Å². The normalized spacial score (nSPS) is 9.74. The Morgan fingerprint density at radius 3 is 2.04 bits per heavy atom. The highest BCUT2D eigenvalue weighted by molar-refractivity contribution is 5.81. The first kappa shape index (κ1) is 20.6. The first-order chi connectivity index (χ1) is 11.0. The van der Waals surface area contributed by atoms with Crippen LogP contribution in [0.15, 0.2) is 12.7 Å². The van der Waals surface area contributed by atoms with Crippen molar-refractivity contribution in [2.75, 3.05) is 19.8 Å². The first-order valence-electron chi connectivity index (χ1n) is 7.28. The molecule has 1 N–H and O–H groups in total. The largest absolute Gasteiger partial charge is 0.481 e. The fourth-order valence-corrected chi connectivity index (χ4v) is 1.44. The van der Waals surface area contributed by atoms with E-state index in [-0.39, 0.29) is 39.1 Å². The molecule has 0 radical (unpaired) electrons. The summed E-state index contributed by atoms with van der Waals surface area (Å²) in [5.41, 5.74) is 0. The fraction of sp³-hybridized carbons (Fsp3) is 0.600. The number of carboxylic acids is 1. The van der Waals surface area contributed by atoms with Crippen molar-refractivity contribution in [2.24, 2.45) is 0 Å². The molecule has 0 saturated carbocycles. The molecule has 0 aromatic rings. The van der Waals surface area contributed by atoms with Crippen LogP contribution in [-0.2, 0) is 33.4 Å². The van der Waals surface area contributed by atoms with Gasteiger partial charge in [-0.1, -0.05) is 6.58 Å². The van der Waals surface area contributed by atoms with E-state index in [9.17, 15) is 19.2 Å². The molecule has 0 fully saturated rings. The maximum Gasteiger partial charge on any atom is 0.330 e. The van der Waals surface area contributed by atoms with Crippen molar-refractivity contribution < 1.29 is 38.5 Å². The Balaban J connectivity index is 3.41. The number of esters is 3. The van der Waals surface area contributed by atoms with Crippen LogP contribution in [0, 0.1) is 0 Å². The molecule has 0 heterocycles. The van der Waals surface area contributed by atoms with Crippen LogP contribution in [0.4, 0.5) is 0 Å². The fourth-order valence-electron chi connectivity index (χ4n) is 1.44. The highest BCUT2D eigenvalue weighted by atomic mass is 16.6. The van der Waals surface area contributed by atoms with E-state index >= 15 is 0 Å². The molecular formula is C15H22O8. The summed E-state index contributed by atoms with van der Waals surface area (Å²) in [4.78, 5) is 43.4. The van der Waals surface area contributed by atoms with Crippen LogP contribution in [0.5, 0.6) is 0 Å². The van der Waals surface area contributed by atoms with Gasteiger partial charge in [-0.2, -0.15) is 0 Å². The van der Waals surface area contributed by atoms with Gasteiger partial charge < -0.3 is 19.3 Å². The third kappa shape index (κ3) is 14.3. The summed E-state index contributed by atoms with van der Waals surface area (Å²) < 4.78 is 14.3. The highest BCUT2D eigenvalue weighted by Gasteiger charge is 2.07. The van der Waals surface area contributed by atoms with Crippen molar-refractivity contribution in [1.82, 2.24) is 0 Å². The molecule has 8 heteroatoms. The van der Waals surface area contributed by atoms with E-state index in [1.165, 1.54) is 0 Å². The number of carboxylic acid groups (broad SMARTS) is 1. The Morgan fingerprint density at radius 2 is 1.39 bits per heavy atom. The molecule has 0 aliphatic rings. The van der Waals surface area contributed by atoms with Gasteiger partial charge in [0.1, 0.15) is 13.2 Å². The monoisotopic (exact) mass is 330 g/mol. The standard InChI is InChI=1S/C15H22O8/c1-2-13(18)22-10-11-23-14(19)6-4-3-5-9-21-15(20)8-7-12(16)17/h2H,1,3-11H2,(H,16,17). The van der Waals surface area contributed by atoms with Gasteiger partial charge >= 0.3 is 23.9 Å². The van der Waals surface area contributed by atoms with Crippen LogP contribution < -0.4 is 0 Å². The maximum atomic E-state index is 11.3. The minimum Gasteiger partial charge on any atom is -0.481 e. The van der Waals surface area contributed by atoms with Gasteiger partial charge in [-0.3, -0.25) is 14.4 Å². The Kier molecular flexibility index (Phi) is 11.9. The molecule has 0 rings (SSSR count). The molecular weight excluding hydrogens is 308 g/mol. The van der Waals surface area contributed by atoms with Gasteiger partial charge in [-0.25, -0.2) is 4.79 Å². The Morgan fingerprint density at radius 1 is 0.783 bits per heavy atom. The molecule has 0 aliphatic heterocycles. The van der Waals surface area contributed by atoms with Gasteiger partial charge in [0.15, 0.2) is 0 Å². The lowest BCUT2D eigenvalue weighted by atomic mass is 10.2. The molecule has 8 nitrogen and oxygen atoms in total. The van der Waals surface area contributed by atoms with Crippen molar-refractivity contribution in [3.05, 3.63) is 12.7 Å². The third-order valence-corrected chi connectivity index (χ3v) is 2.59. The molecule has 0 unspecified atom stereocenters. The summed E-state index contributed by atoms with van der Waals surface area (Å²) in [6.07, 6.45) is 2.71. The highest BCUT2D eigenvalue weighted by Crippen LogP contribution is 2.03. The van der Waals surface area contributed by atoms with Crippen LogP contribution in [-0.4, -0.2) is 48.8 Å².